The van der Waals surface area contributed by atoms with Gasteiger partial charge in [0.15, 0.2) is 5.78 Å². The number of ketones is 1. The van der Waals surface area contributed by atoms with Gasteiger partial charge in [0.1, 0.15) is 17.8 Å². The smallest absolute Gasteiger partial charge is 0.224 e. The molecule has 4 aromatic rings. The maximum Gasteiger partial charge on any atom is 0.224 e. The van der Waals surface area contributed by atoms with Crippen LogP contribution in [0.3, 0.4) is 0 Å². The number of fused-ring (bicyclic) bond motifs is 1. The Hall–Kier alpha value is -3.88. The zero-order chi connectivity index (χ0) is 22.7. The molecular weight excluding hydrogens is 411 g/mol. The van der Waals surface area contributed by atoms with Crippen molar-refractivity contribution in [1.29, 1.82) is 0 Å². The number of rotatable bonds is 8. The number of pyridine rings is 2. The summed E-state index contributed by atoms with van der Waals surface area (Å²) in [5.41, 5.74) is 2.03. The van der Waals surface area contributed by atoms with Crippen molar-refractivity contribution in [1.82, 2.24) is 24.9 Å². The molecule has 0 fully saturated rings. The van der Waals surface area contributed by atoms with Crippen molar-refractivity contribution in [3.05, 3.63) is 71.3 Å². The molecule has 9 heteroatoms. The zero-order valence-corrected chi connectivity index (χ0v) is 18.0. The number of methoxy groups -OCH3 is 1. The summed E-state index contributed by atoms with van der Waals surface area (Å²) >= 11 is 0. The first-order valence-corrected chi connectivity index (χ1v) is 10.3. The van der Waals surface area contributed by atoms with Gasteiger partial charge in [-0.3, -0.25) is 4.79 Å². The maximum atomic E-state index is 14.9. The minimum Gasteiger partial charge on any atom is -0.481 e. The third kappa shape index (κ3) is 4.27. The molecule has 4 aromatic heterocycles. The van der Waals surface area contributed by atoms with Crippen LogP contribution in [0.15, 0.2) is 43.0 Å². The van der Waals surface area contributed by atoms with E-state index in [0.29, 0.717) is 40.4 Å². The van der Waals surface area contributed by atoms with E-state index in [1.54, 1.807) is 18.3 Å². The lowest BCUT2D eigenvalue weighted by molar-refractivity contribution is 0.103. The first kappa shape index (κ1) is 21.4. The molecule has 0 aliphatic carbocycles. The van der Waals surface area contributed by atoms with Crippen molar-refractivity contribution in [2.24, 2.45) is 0 Å². The second-order valence-corrected chi connectivity index (χ2v) is 7.46. The minimum atomic E-state index is -0.823. The van der Waals surface area contributed by atoms with Crippen molar-refractivity contribution in [2.45, 2.75) is 32.7 Å². The molecule has 164 valence electrons. The van der Waals surface area contributed by atoms with Crippen LogP contribution in [0.4, 0.5) is 10.2 Å². The van der Waals surface area contributed by atoms with E-state index in [-0.39, 0.29) is 11.6 Å². The Bertz CT molecular complexity index is 1260. The maximum absolute atomic E-state index is 14.9. The number of anilines is 1. The molecule has 4 heterocycles. The van der Waals surface area contributed by atoms with Crippen LogP contribution in [0.2, 0.25) is 0 Å². The Kier molecular flexibility index (Phi) is 6.07. The number of aromatic nitrogens is 5. The fourth-order valence-corrected chi connectivity index (χ4v) is 3.32. The molecule has 4 rings (SSSR count). The average Bonchev–Trinajstić information content (AvgIpc) is 3.24. The number of aromatic amines is 1. The summed E-state index contributed by atoms with van der Waals surface area (Å²) in [4.78, 5) is 32.8. The lowest BCUT2D eigenvalue weighted by atomic mass is 10.0. The molecule has 1 unspecified atom stereocenters. The van der Waals surface area contributed by atoms with Crippen LogP contribution in [0.25, 0.3) is 11.0 Å². The normalized spacial score (nSPS) is 12.0. The summed E-state index contributed by atoms with van der Waals surface area (Å²) in [7, 11) is 1.54. The van der Waals surface area contributed by atoms with Gasteiger partial charge in [0.2, 0.25) is 11.8 Å². The van der Waals surface area contributed by atoms with Crippen LogP contribution in [0, 0.1) is 5.95 Å². The van der Waals surface area contributed by atoms with E-state index in [1.165, 1.54) is 25.7 Å². The highest BCUT2D eigenvalue weighted by Crippen LogP contribution is 2.27. The first-order valence-electron chi connectivity index (χ1n) is 10.3. The van der Waals surface area contributed by atoms with Gasteiger partial charge in [-0.05, 0) is 31.0 Å². The Morgan fingerprint density at radius 3 is 2.72 bits per heavy atom. The standard InChI is InChI=1S/C23H23FN6O2/c1-4-13(2)29-23-19-17(11-26-22(19)27-12-28-23)20(31)16-7-6-15(30-21(16)24)9-14-5-8-18(32-3)25-10-14/h5-8,10-13H,4,9H2,1-3H3,(H2,26,27,28,29). The third-order valence-corrected chi connectivity index (χ3v) is 5.25. The van der Waals surface area contributed by atoms with E-state index in [9.17, 15) is 9.18 Å². The van der Waals surface area contributed by atoms with Gasteiger partial charge in [-0.1, -0.05) is 13.0 Å². The number of hydrogen-bond donors (Lipinski definition) is 2. The fourth-order valence-electron chi connectivity index (χ4n) is 3.32. The predicted octanol–water partition coefficient (Wildman–Crippen LogP) is 3.93. The Labute approximate surface area is 184 Å². The highest BCUT2D eigenvalue weighted by Gasteiger charge is 2.22. The number of hydrogen-bond acceptors (Lipinski definition) is 7. The Morgan fingerprint density at radius 1 is 1.19 bits per heavy atom. The number of carbonyl (C=O) groups excluding carboxylic acids is 1. The van der Waals surface area contributed by atoms with Crippen LogP contribution in [-0.4, -0.2) is 43.9 Å². The number of H-pyrrole nitrogens is 1. The van der Waals surface area contributed by atoms with E-state index >= 15 is 0 Å². The zero-order valence-electron chi connectivity index (χ0n) is 18.0. The van der Waals surface area contributed by atoms with Gasteiger partial charge in [0.05, 0.1) is 23.6 Å². The number of nitrogens with zero attached hydrogens (tertiary/aromatic N) is 4. The summed E-state index contributed by atoms with van der Waals surface area (Å²) < 4.78 is 19.9. The molecule has 32 heavy (non-hydrogen) atoms. The van der Waals surface area contributed by atoms with Crippen molar-refractivity contribution >= 4 is 22.6 Å². The molecule has 0 saturated carbocycles. The largest absolute Gasteiger partial charge is 0.481 e. The lowest BCUT2D eigenvalue weighted by Crippen LogP contribution is -2.15. The van der Waals surface area contributed by atoms with Gasteiger partial charge in [0.25, 0.3) is 0 Å². The van der Waals surface area contributed by atoms with Gasteiger partial charge in [0, 0.05) is 36.6 Å². The third-order valence-electron chi connectivity index (χ3n) is 5.25. The van der Waals surface area contributed by atoms with Gasteiger partial charge in [-0.2, -0.15) is 4.39 Å². The molecule has 0 bridgehead atoms. The Morgan fingerprint density at radius 2 is 2.03 bits per heavy atom. The van der Waals surface area contributed by atoms with Crippen molar-refractivity contribution in [2.75, 3.05) is 12.4 Å². The van der Waals surface area contributed by atoms with Gasteiger partial charge < -0.3 is 15.0 Å². The Balaban J connectivity index is 1.62. The van der Waals surface area contributed by atoms with E-state index in [1.807, 2.05) is 19.9 Å². The first-order chi connectivity index (χ1) is 15.5. The van der Waals surface area contributed by atoms with Gasteiger partial charge >= 0.3 is 0 Å². The molecule has 0 aliphatic rings. The summed E-state index contributed by atoms with van der Waals surface area (Å²) in [6.45, 7) is 4.06. The second-order valence-electron chi connectivity index (χ2n) is 7.46. The van der Waals surface area contributed by atoms with Gasteiger partial charge in [-0.15, -0.1) is 0 Å². The molecule has 0 spiro atoms. The van der Waals surface area contributed by atoms with Crippen molar-refractivity contribution in [3.63, 3.8) is 0 Å². The molecule has 0 amide bonds. The van der Waals surface area contributed by atoms with E-state index in [0.717, 1.165) is 12.0 Å². The quantitative estimate of drug-likeness (QED) is 0.320. The fraction of sp³-hybridized carbons (Fsp3) is 0.261. The lowest BCUT2D eigenvalue weighted by Gasteiger charge is -2.13. The molecule has 0 aromatic carbocycles. The second kappa shape index (κ2) is 9.09. The van der Waals surface area contributed by atoms with Crippen LogP contribution < -0.4 is 10.1 Å². The summed E-state index contributed by atoms with van der Waals surface area (Å²) in [6.07, 6.45) is 5.85. The van der Waals surface area contributed by atoms with Crippen molar-refractivity contribution in [3.8, 4) is 5.88 Å². The highest BCUT2D eigenvalue weighted by atomic mass is 19.1. The van der Waals surface area contributed by atoms with E-state index in [4.69, 9.17) is 4.74 Å². The van der Waals surface area contributed by atoms with Crippen molar-refractivity contribution < 1.29 is 13.9 Å². The number of halogens is 1. The molecule has 8 nitrogen and oxygen atoms in total. The highest BCUT2D eigenvalue weighted by molar-refractivity contribution is 6.18. The SMILES string of the molecule is CCC(C)Nc1ncnc2[nH]cc(C(=O)c3ccc(Cc4ccc(OC)nc4)nc3F)c12. The predicted molar refractivity (Wildman–Crippen MR) is 118 cm³/mol. The molecule has 0 aliphatic heterocycles. The van der Waals surface area contributed by atoms with Crippen LogP contribution in [0.1, 0.15) is 47.4 Å². The number of nitrogens with one attached hydrogen (secondary N) is 2. The monoisotopic (exact) mass is 434 g/mol. The summed E-state index contributed by atoms with van der Waals surface area (Å²) in [5, 5.41) is 3.81. The summed E-state index contributed by atoms with van der Waals surface area (Å²) in [6, 6.07) is 6.82. The molecule has 2 N–H and O–H groups in total. The van der Waals surface area contributed by atoms with Crippen LogP contribution in [-0.2, 0) is 6.42 Å². The minimum absolute atomic E-state index is 0.110. The van der Waals surface area contributed by atoms with Crippen LogP contribution >= 0.6 is 0 Å². The molecule has 0 radical (unpaired) electrons. The molecule has 0 saturated heterocycles. The van der Waals surface area contributed by atoms with E-state index < -0.39 is 11.7 Å². The summed E-state index contributed by atoms with van der Waals surface area (Å²) in [5.74, 6) is -0.276. The van der Waals surface area contributed by atoms with E-state index in [2.05, 4.69) is 30.2 Å². The molecule has 1 atom stereocenters. The van der Waals surface area contributed by atoms with Crippen LogP contribution in [0.5, 0.6) is 5.88 Å². The topological polar surface area (TPSA) is 106 Å². The molecular formula is C23H23FN6O2. The number of ether oxygens (including phenoxy) is 1. The average molecular weight is 434 g/mol. The number of carbonyl (C=O) groups is 1. The van der Waals surface area contributed by atoms with Gasteiger partial charge in [-0.25, -0.2) is 19.9 Å².